The molecule has 77 heavy (non-hydrogen) atoms. The van der Waals surface area contributed by atoms with Gasteiger partial charge in [0.2, 0.25) is 0 Å². The highest BCUT2D eigenvalue weighted by atomic mass is 16.6. The highest BCUT2D eigenvalue weighted by Crippen LogP contribution is 2.19. The molecule has 0 bridgehead atoms. The first-order valence-corrected chi connectivity index (χ1v) is 34.8. The van der Waals surface area contributed by atoms with E-state index in [2.05, 4.69) is 45.1 Å². The van der Waals surface area contributed by atoms with Gasteiger partial charge in [-0.3, -0.25) is 14.4 Å². The lowest BCUT2D eigenvalue weighted by Crippen LogP contribution is -2.30. The Kier molecular flexibility index (Phi) is 64.6. The predicted octanol–water partition coefficient (Wildman–Crippen LogP) is 23.8. The molecule has 0 amide bonds. The Hall–Kier alpha value is -2.11. The fraction of sp³-hybridized carbons (Fsp3) is 0.901. The van der Waals surface area contributed by atoms with E-state index in [-0.39, 0.29) is 31.1 Å². The molecular weight excluding hydrogens is 949 g/mol. The van der Waals surface area contributed by atoms with Crippen molar-refractivity contribution < 1.29 is 28.6 Å². The molecule has 0 aliphatic carbocycles. The molecule has 1 unspecified atom stereocenters. The van der Waals surface area contributed by atoms with Crippen LogP contribution in [0.5, 0.6) is 0 Å². The van der Waals surface area contributed by atoms with E-state index in [1.807, 2.05) is 0 Å². The minimum Gasteiger partial charge on any atom is -0.462 e. The van der Waals surface area contributed by atoms with Crippen molar-refractivity contribution >= 4 is 17.9 Å². The smallest absolute Gasteiger partial charge is 0.306 e. The third-order valence-electron chi connectivity index (χ3n) is 16.0. The van der Waals surface area contributed by atoms with Gasteiger partial charge >= 0.3 is 17.9 Å². The maximum absolute atomic E-state index is 12.9. The lowest BCUT2D eigenvalue weighted by atomic mass is 10.0. The second-order valence-electron chi connectivity index (χ2n) is 23.8. The molecule has 0 spiro atoms. The van der Waals surface area contributed by atoms with E-state index >= 15 is 0 Å². The molecular formula is C71H134O6. The molecule has 454 valence electrons. The summed E-state index contributed by atoms with van der Waals surface area (Å²) in [6.07, 6.45) is 80.6. The van der Waals surface area contributed by atoms with Crippen LogP contribution in [0.4, 0.5) is 0 Å². The van der Waals surface area contributed by atoms with E-state index in [4.69, 9.17) is 14.2 Å². The summed E-state index contributed by atoms with van der Waals surface area (Å²) in [4.78, 5) is 38.4. The lowest BCUT2D eigenvalue weighted by Gasteiger charge is -2.18. The van der Waals surface area contributed by atoms with Crippen LogP contribution in [0.2, 0.25) is 0 Å². The zero-order chi connectivity index (χ0) is 55.7. The van der Waals surface area contributed by atoms with Crippen LogP contribution in [-0.4, -0.2) is 37.2 Å². The number of hydrogen-bond acceptors (Lipinski definition) is 6. The normalized spacial score (nSPS) is 12.1. The van der Waals surface area contributed by atoms with E-state index < -0.39 is 6.10 Å². The van der Waals surface area contributed by atoms with Gasteiger partial charge in [0.05, 0.1) is 0 Å². The molecule has 6 nitrogen and oxygen atoms in total. The lowest BCUT2D eigenvalue weighted by molar-refractivity contribution is -0.167. The molecule has 0 fully saturated rings. The summed E-state index contributed by atoms with van der Waals surface area (Å²) in [6, 6.07) is 0. The number of unbranched alkanes of at least 4 members (excludes halogenated alkanes) is 50. The molecule has 0 aliphatic heterocycles. The molecule has 0 rings (SSSR count). The van der Waals surface area contributed by atoms with Crippen LogP contribution in [0.1, 0.15) is 393 Å². The van der Waals surface area contributed by atoms with Gasteiger partial charge in [-0.05, 0) is 51.4 Å². The van der Waals surface area contributed by atoms with Crippen molar-refractivity contribution in [1.82, 2.24) is 0 Å². The highest BCUT2D eigenvalue weighted by Gasteiger charge is 2.19. The monoisotopic (exact) mass is 1080 g/mol. The van der Waals surface area contributed by atoms with Gasteiger partial charge in [-0.2, -0.15) is 0 Å². The van der Waals surface area contributed by atoms with Crippen molar-refractivity contribution in [1.29, 1.82) is 0 Å². The van der Waals surface area contributed by atoms with Crippen molar-refractivity contribution in [2.45, 2.75) is 399 Å². The van der Waals surface area contributed by atoms with Gasteiger partial charge in [-0.1, -0.05) is 347 Å². The average Bonchev–Trinajstić information content (AvgIpc) is 3.43. The summed E-state index contributed by atoms with van der Waals surface area (Å²) in [5, 5.41) is 0. The number of carbonyl (C=O) groups excluding carboxylic acids is 3. The third-order valence-corrected chi connectivity index (χ3v) is 16.0. The van der Waals surface area contributed by atoms with E-state index in [0.29, 0.717) is 19.3 Å². The number of ether oxygens (including phenoxy) is 3. The summed E-state index contributed by atoms with van der Waals surface area (Å²) in [7, 11) is 0. The zero-order valence-electron chi connectivity index (χ0n) is 52.3. The van der Waals surface area contributed by atoms with E-state index in [0.717, 1.165) is 77.0 Å². The molecule has 0 saturated carbocycles. The topological polar surface area (TPSA) is 78.9 Å². The van der Waals surface area contributed by atoms with Gasteiger partial charge in [-0.25, -0.2) is 0 Å². The molecule has 0 aromatic heterocycles. The van der Waals surface area contributed by atoms with Crippen LogP contribution in [0, 0.1) is 0 Å². The second-order valence-corrected chi connectivity index (χ2v) is 23.8. The molecule has 0 N–H and O–H groups in total. The number of hydrogen-bond donors (Lipinski definition) is 0. The zero-order valence-corrected chi connectivity index (χ0v) is 52.3. The molecule has 0 radical (unpaired) electrons. The molecule has 0 saturated heterocycles. The van der Waals surface area contributed by atoms with Gasteiger partial charge in [0, 0.05) is 19.3 Å². The predicted molar refractivity (Wildman–Crippen MR) is 335 cm³/mol. The molecule has 1 atom stereocenters. The van der Waals surface area contributed by atoms with E-state index in [1.165, 1.54) is 276 Å². The SMILES string of the molecule is CCCCCC/C=C\C/C=C\CCCCCCCC(=O)OCC(COC(=O)CCCCCCCCCCCCCCCCCCCCCCCCCCC)OC(=O)CCCCCCCCCCCCCCCCCCCC. The fourth-order valence-electron chi connectivity index (χ4n) is 10.7. The van der Waals surface area contributed by atoms with Crippen molar-refractivity contribution in [3.63, 3.8) is 0 Å². The van der Waals surface area contributed by atoms with Crippen LogP contribution >= 0.6 is 0 Å². The number of carbonyl (C=O) groups is 3. The third kappa shape index (κ3) is 64.6. The summed E-state index contributed by atoms with van der Waals surface area (Å²) in [5.74, 6) is -0.851. The number of esters is 3. The molecule has 0 aromatic rings. The van der Waals surface area contributed by atoms with Crippen molar-refractivity contribution in [3.05, 3.63) is 24.3 Å². The van der Waals surface area contributed by atoms with Crippen molar-refractivity contribution in [3.8, 4) is 0 Å². The minimum absolute atomic E-state index is 0.0692. The van der Waals surface area contributed by atoms with Crippen LogP contribution in [0.3, 0.4) is 0 Å². The van der Waals surface area contributed by atoms with Gasteiger partial charge in [0.25, 0.3) is 0 Å². The number of allylic oxidation sites excluding steroid dienone is 4. The Labute approximate surface area is 481 Å². The van der Waals surface area contributed by atoms with E-state index in [1.54, 1.807) is 0 Å². The Morgan fingerprint density at radius 2 is 0.468 bits per heavy atom. The molecule has 6 heteroatoms. The summed E-state index contributed by atoms with van der Waals surface area (Å²) in [6.45, 7) is 6.70. The standard InChI is InChI=1S/C71H134O6/c1-4-7-10-13-16-19-22-25-28-31-33-34-35-36-37-38-39-41-43-46-49-52-55-58-61-64-70(73)76-67-68(66-75-69(72)63-60-57-54-51-48-45-42-30-27-24-21-18-15-12-9-6-3)77-71(74)65-62-59-56-53-50-47-44-40-32-29-26-23-20-17-14-11-8-5-2/h21,24,30,42,68H,4-20,22-23,25-29,31-41,43-67H2,1-3H3/b24-21-,42-30-. The maximum atomic E-state index is 12.9. The maximum Gasteiger partial charge on any atom is 0.306 e. The number of rotatable bonds is 65. The van der Waals surface area contributed by atoms with Crippen LogP contribution in [0.15, 0.2) is 24.3 Å². The Morgan fingerprint density at radius 3 is 0.727 bits per heavy atom. The Bertz CT molecular complexity index is 1240. The van der Waals surface area contributed by atoms with E-state index in [9.17, 15) is 14.4 Å². The van der Waals surface area contributed by atoms with Crippen LogP contribution in [0.25, 0.3) is 0 Å². The first-order valence-electron chi connectivity index (χ1n) is 34.8. The van der Waals surface area contributed by atoms with Crippen LogP contribution in [-0.2, 0) is 28.6 Å². The second kappa shape index (κ2) is 66.4. The first-order chi connectivity index (χ1) is 38.0. The van der Waals surface area contributed by atoms with Gasteiger partial charge < -0.3 is 14.2 Å². The average molecular weight is 1080 g/mol. The van der Waals surface area contributed by atoms with Crippen molar-refractivity contribution in [2.75, 3.05) is 13.2 Å². The summed E-state index contributed by atoms with van der Waals surface area (Å²) in [5.41, 5.74) is 0. The van der Waals surface area contributed by atoms with Gasteiger partial charge in [0.1, 0.15) is 13.2 Å². The molecule has 0 heterocycles. The summed E-state index contributed by atoms with van der Waals surface area (Å²) >= 11 is 0. The van der Waals surface area contributed by atoms with Gasteiger partial charge in [0.15, 0.2) is 6.10 Å². The first kappa shape index (κ1) is 74.9. The highest BCUT2D eigenvalue weighted by molar-refractivity contribution is 5.71. The minimum atomic E-state index is -0.774. The summed E-state index contributed by atoms with van der Waals surface area (Å²) < 4.78 is 17.0. The van der Waals surface area contributed by atoms with Crippen LogP contribution < -0.4 is 0 Å². The Morgan fingerprint density at radius 1 is 0.260 bits per heavy atom. The Balaban J connectivity index is 4.26. The fourth-order valence-corrected chi connectivity index (χ4v) is 10.7. The molecule has 0 aliphatic rings. The van der Waals surface area contributed by atoms with Gasteiger partial charge in [-0.15, -0.1) is 0 Å². The van der Waals surface area contributed by atoms with Crippen molar-refractivity contribution in [2.24, 2.45) is 0 Å². The quantitative estimate of drug-likeness (QED) is 0.0261. The largest absolute Gasteiger partial charge is 0.462 e. The molecule has 0 aromatic carbocycles.